The minimum atomic E-state index is -0.127. The molecule has 4 heteroatoms. The van der Waals surface area contributed by atoms with Crippen molar-refractivity contribution < 1.29 is 19.7 Å². The molecule has 0 heterocycles. The molecule has 0 aliphatic heterocycles. The van der Waals surface area contributed by atoms with Crippen LogP contribution in [0.15, 0.2) is 48.5 Å². The smallest absolute Gasteiger partial charge is 0.119 e. The highest BCUT2D eigenvalue weighted by atomic mass is 16.5. The third-order valence-corrected chi connectivity index (χ3v) is 3.10. The average molecular weight is 274 g/mol. The molecular weight excluding hydrogens is 256 g/mol. The fraction of sp³-hybridized carbons (Fsp3) is 0.250. The van der Waals surface area contributed by atoms with Crippen molar-refractivity contribution in [1.29, 1.82) is 0 Å². The fourth-order valence-electron chi connectivity index (χ4n) is 1.87. The SMILES string of the molecule is COc1ccc(OCC(CO)c2ccc(O)cc2)cc1. The van der Waals surface area contributed by atoms with Gasteiger partial charge in [-0.15, -0.1) is 0 Å². The molecule has 2 N–H and O–H groups in total. The summed E-state index contributed by atoms with van der Waals surface area (Å²) in [5.74, 6) is 1.58. The summed E-state index contributed by atoms with van der Waals surface area (Å²) in [5.41, 5.74) is 0.929. The number of benzene rings is 2. The lowest BCUT2D eigenvalue weighted by atomic mass is 10.0. The van der Waals surface area contributed by atoms with Crippen molar-refractivity contribution in [2.24, 2.45) is 0 Å². The van der Waals surface area contributed by atoms with E-state index < -0.39 is 0 Å². The zero-order chi connectivity index (χ0) is 14.4. The molecule has 0 amide bonds. The van der Waals surface area contributed by atoms with E-state index in [4.69, 9.17) is 9.47 Å². The van der Waals surface area contributed by atoms with E-state index >= 15 is 0 Å². The van der Waals surface area contributed by atoms with Crippen molar-refractivity contribution in [2.45, 2.75) is 5.92 Å². The van der Waals surface area contributed by atoms with Crippen molar-refractivity contribution in [3.8, 4) is 17.2 Å². The molecular formula is C16H18O4. The zero-order valence-electron chi connectivity index (χ0n) is 11.3. The molecule has 0 radical (unpaired) electrons. The molecule has 1 atom stereocenters. The van der Waals surface area contributed by atoms with Gasteiger partial charge in [0.05, 0.1) is 20.3 Å². The van der Waals surface area contributed by atoms with Crippen molar-refractivity contribution >= 4 is 0 Å². The van der Waals surface area contributed by atoms with Crippen molar-refractivity contribution in [2.75, 3.05) is 20.3 Å². The lowest BCUT2D eigenvalue weighted by Gasteiger charge is -2.16. The second-order valence-electron chi connectivity index (χ2n) is 4.46. The van der Waals surface area contributed by atoms with Crippen LogP contribution < -0.4 is 9.47 Å². The molecule has 0 fully saturated rings. The molecule has 4 nitrogen and oxygen atoms in total. The third kappa shape index (κ3) is 3.65. The summed E-state index contributed by atoms with van der Waals surface area (Å²) in [7, 11) is 1.61. The van der Waals surface area contributed by atoms with E-state index in [9.17, 15) is 10.2 Å². The Balaban J connectivity index is 1.97. The van der Waals surface area contributed by atoms with Crippen LogP contribution in [0.25, 0.3) is 0 Å². The van der Waals surface area contributed by atoms with Crippen LogP contribution in [0.2, 0.25) is 0 Å². The van der Waals surface area contributed by atoms with Gasteiger partial charge in [-0.25, -0.2) is 0 Å². The largest absolute Gasteiger partial charge is 0.508 e. The molecule has 0 aliphatic rings. The van der Waals surface area contributed by atoms with Gasteiger partial charge in [0.2, 0.25) is 0 Å². The summed E-state index contributed by atoms with van der Waals surface area (Å²) >= 11 is 0. The highest BCUT2D eigenvalue weighted by Crippen LogP contribution is 2.22. The number of phenolic OH excluding ortho intramolecular Hbond substituents is 1. The number of aliphatic hydroxyl groups is 1. The minimum Gasteiger partial charge on any atom is -0.508 e. The number of ether oxygens (including phenoxy) is 2. The zero-order valence-corrected chi connectivity index (χ0v) is 11.3. The van der Waals surface area contributed by atoms with E-state index in [0.717, 1.165) is 17.1 Å². The van der Waals surface area contributed by atoms with Crippen LogP contribution in [0.4, 0.5) is 0 Å². The van der Waals surface area contributed by atoms with Gasteiger partial charge in [-0.2, -0.15) is 0 Å². The Bertz CT molecular complexity index is 519. The number of aromatic hydroxyl groups is 1. The Hall–Kier alpha value is -2.20. The van der Waals surface area contributed by atoms with Crippen molar-refractivity contribution in [3.05, 3.63) is 54.1 Å². The van der Waals surface area contributed by atoms with E-state index in [0.29, 0.717) is 6.61 Å². The van der Waals surface area contributed by atoms with Crippen molar-refractivity contribution in [1.82, 2.24) is 0 Å². The summed E-state index contributed by atoms with van der Waals surface area (Å²) in [6.45, 7) is 0.356. The second kappa shape index (κ2) is 6.82. The summed E-state index contributed by atoms with van der Waals surface area (Å²) in [4.78, 5) is 0. The molecule has 0 saturated carbocycles. The van der Waals surface area contributed by atoms with Crippen LogP contribution in [-0.4, -0.2) is 30.5 Å². The first-order chi connectivity index (χ1) is 9.72. The second-order valence-corrected chi connectivity index (χ2v) is 4.46. The third-order valence-electron chi connectivity index (χ3n) is 3.10. The molecule has 0 aromatic heterocycles. The summed E-state index contributed by atoms with van der Waals surface area (Å²) < 4.78 is 10.7. The minimum absolute atomic E-state index is 0.0130. The average Bonchev–Trinajstić information content (AvgIpc) is 2.50. The van der Waals surface area contributed by atoms with Gasteiger partial charge in [0.25, 0.3) is 0 Å². The van der Waals surface area contributed by atoms with Gasteiger partial charge in [0.1, 0.15) is 17.2 Å². The number of rotatable bonds is 6. The highest BCUT2D eigenvalue weighted by Gasteiger charge is 2.11. The predicted molar refractivity (Wildman–Crippen MR) is 76.4 cm³/mol. The van der Waals surface area contributed by atoms with Gasteiger partial charge >= 0.3 is 0 Å². The molecule has 0 bridgehead atoms. The Morgan fingerprint density at radius 1 is 0.950 bits per heavy atom. The van der Waals surface area contributed by atoms with Gasteiger partial charge < -0.3 is 19.7 Å². The Kier molecular flexibility index (Phi) is 4.85. The van der Waals surface area contributed by atoms with Gasteiger partial charge in [-0.3, -0.25) is 0 Å². The quantitative estimate of drug-likeness (QED) is 0.850. The first-order valence-corrected chi connectivity index (χ1v) is 6.39. The first-order valence-electron chi connectivity index (χ1n) is 6.39. The van der Waals surface area contributed by atoms with E-state index in [1.807, 2.05) is 24.3 Å². The molecule has 0 aliphatic carbocycles. The molecule has 1 unspecified atom stereocenters. The van der Waals surface area contributed by atoms with Gasteiger partial charge in [0.15, 0.2) is 0 Å². The molecule has 0 spiro atoms. The predicted octanol–water partition coefficient (Wildman–Crippen LogP) is 2.56. The molecule has 2 aromatic rings. The summed E-state index contributed by atoms with van der Waals surface area (Å²) in [6, 6.07) is 14.1. The normalized spacial score (nSPS) is 11.9. The number of phenols is 1. The van der Waals surface area contributed by atoms with Crippen LogP contribution in [0, 0.1) is 0 Å². The number of hydrogen-bond acceptors (Lipinski definition) is 4. The number of methoxy groups -OCH3 is 1. The molecule has 0 saturated heterocycles. The van der Waals surface area contributed by atoms with E-state index in [2.05, 4.69) is 0 Å². The molecule has 2 rings (SSSR count). The summed E-state index contributed by atoms with van der Waals surface area (Å²) in [5, 5.41) is 18.7. The van der Waals surface area contributed by atoms with Crippen LogP contribution >= 0.6 is 0 Å². The topological polar surface area (TPSA) is 58.9 Å². The van der Waals surface area contributed by atoms with Crippen LogP contribution in [0.1, 0.15) is 11.5 Å². The van der Waals surface area contributed by atoms with Crippen LogP contribution in [0.5, 0.6) is 17.2 Å². The maximum absolute atomic E-state index is 9.45. The maximum Gasteiger partial charge on any atom is 0.119 e. The first kappa shape index (κ1) is 14.2. The molecule has 2 aromatic carbocycles. The lowest BCUT2D eigenvalue weighted by Crippen LogP contribution is -2.14. The monoisotopic (exact) mass is 274 g/mol. The maximum atomic E-state index is 9.45. The summed E-state index contributed by atoms with van der Waals surface area (Å²) in [6.07, 6.45) is 0. The number of hydrogen-bond donors (Lipinski definition) is 2. The highest BCUT2D eigenvalue weighted by molar-refractivity contribution is 5.32. The van der Waals surface area contributed by atoms with Crippen molar-refractivity contribution in [3.63, 3.8) is 0 Å². The Labute approximate surface area is 118 Å². The Morgan fingerprint density at radius 2 is 1.55 bits per heavy atom. The van der Waals surface area contributed by atoms with Gasteiger partial charge in [-0.05, 0) is 42.0 Å². The van der Waals surface area contributed by atoms with E-state index in [1.54, 1.807) is 31.4 Å². The van der Waals surface area contributed by atoms with Gasteiger partial charge in [0, 0.05) is 5.92 Å². The lowest BCUT2D eigenvalue weighted by molar-refractivity contribution is 0.205. The standard InChI is InChI=1S/C16H18O4/c1-19-15-6-8-16(9-7-15)20-11-13(10-17)12-2-4-14(18)5-3-12/h2-9,13,17-18H,10-11H2,1H3. The van der Waals surface area contributed by atoms with Gasteiger partial charge in [-0.1, -0.05) is 12.1 Å². The fourth-order valence-corrected chi connectivity index (χ4v) is 1.87. The molecule has 106 valence electrons. The van der Waals surface area contributed by atoms with E-state index in [-0.39, 0.29) is 18.3 Å². The van der Waals surface area contributed by atoms with Crippen LogP contribution in [0.3, 0.4) is 0 Å². The van der Waals surface area contributed by atoms with Crippen LogP contribution in [-0.2, 0) is 0 Å². The van der Waals surface area contributed by atoms with E-state index in [1.165, 1.54) is 0 Å². The molecule has 20 heavy (non-hydrogen) atoms. The Morgan fingerprint density at radius 3 is 2.10 bits per heavy atom. The number of aliphatic hydroxyl groups excluding tert-OH is 1.